The number of piperidine rings is 1. The summed E-state index contributed by atoms with van der Waals surface area (Å²) in [7, 11) is 0. The van der Waals surface area contributed by atoms with Gasteiger partial charge in [-0.15, -0.1) is 0 Å². The smallest absolute Gasteiger partial charge is 0.222 e. The first-order chi connectivity index (χ1) is 15.7. The Morgan fingerprint density at radius 1 is 0.844 bits per heavy atom. The van der Waals surface area contributed by atoms with E-state index in [9.17, 15) is 9.59 Å². The normalized spacial score (nSPS) is 21.6. The minimum Gasteiger partial charge on any atom is -0.339 e. The second-order valence-corrected chi connectivity index (χ2v) is 9.73. The van der Waals surface area contributed by atoms with Gasteiger partial charge in [-0.1, -0.05) is 73.5 Å². The van der Waals surface area contributed by atoms with E-state index in [0.717, 1.165) is 19.4 Å². The third-order valence-electron chi connectivity index (χ3n) is 7.48. The molecule has 1 aliphatic heterocycles. The molecule has 2 fully saturated rings. The van der Waals surface area contributed by atoms with Crippen LogP contribution in [0.3, 0.4) is 0 Å². The fraction of sp³-hybridized carbons (Fsp3) is 0.517. The van der Waals surface area contributed by atoms with Gasteiger partial charge in [0.1, 0.15) is 5.78 Å². The van der Waals surface area contributed by atoms with Crippen LogP contribution in [0.2, 0.25) is 0 Å². The number of likely N-dealkylation sites (tertiary alicyclic amines) is 1. The van der Waals surface area contributed by atoms with E-state index in [4.69, 9.17) is 0 Å². The van der Waals surface area contributed by atoms with Crippen LogP contribution in [0.15, 0.2) is 60.7 Å². The van der Waals surface area contributed by atoms with Crippen LogP contribution in [0.5, 0.6) is 0 Å². The van der Waals surface area contributed by atoms with E-state index in [1.807, 2.05) is 24.3 Å². The lowest BCUT2D eigenvalue weighted by Gasteiger charge is -2.44. The summed E-state index contributed by atoms with van der Waals surface area (Å²) in [5, 5.41) is 0. The Morgan fingerprint density at radius 2 is 1.53 bits per heavy atom. The maximum Gasteiger partial charge on any atom is 0.222 e. The molecule has 3 unspecified atom stereocenters. The molecule has 0 radical (unpaired) electrons. The average molecular weight is 432 g/mol. The maximum absolute atomic E-state index is 12.9. The number of hydrogen-bond acceptors (Lipinski definition) is 2. The number of carbonyl (C=O) groups excluding carboxylic acids is 2. The van der Waals surface area contributed by atoms with Crippen LogP contribution in [-0.4, -0.2) is 29.2 Å². The Balaban J connectivity index is 1.29. The van der Waals surface area contributed by atoms with Gasteiger partial charge in [-0.05, 0) is 61.5 Å². The van der Waals surface area contributed by atoms with Crippen molar-refractivity contribution in [2.24, 2.45) is 5.92 Å². The molecule has 1 heterocycles. The number of hydrogen-bond donors (Lipinski definition) is 0. The molecule has 0 bridgehead atoms. The monoisotopic (exact) mass is 431 g/mol. The highest BCUT2D eigenvalue weighted by Crippen LogP contribution is 2.35. The molecular weight excluding hydrogens is 394 g/mol. The van der Waals surface area contributed by atoms with Crippen molar-refractivity contribution in [2.45, 2.75) is 82.6 Å². The zero-order valence-corrected chi connectivity index (χ0v) is 19.3. The SMILES string of the molecule is O=C(CCCC(=O)N1CCCC2CCCCC21)CC(Cc1ccccc1)c1ccccc1. The predicted octanol–water partition coefficient (Wildman–Crippen LogP) is 6.32. The molecule has 3 heteroatoms. The van der Waals surface area contributed by atoms with Crippen molar-refractivity contribution in [2.75, 3.05) is 6.54 Å². The molecule has 2 aromatic carbocycles. The number of rotatable bonds is 9. The van der Waals surface area contributed by atoms with Gasteiger partial charge in [0, 0.05) is 31.8 Å². The van der Waals surface area contributed by atoms with Crippen molar-refractivity contribution >= 4 is 11.7 Å². The molecule has 2 aliphatic rings. The Kier molecular flexibility index (Phi) is 8.14. The van der Waals surface area contributed by atoms with Crippen LogP contribution in [0.4, 0.5) is 0 Å². The Morgan fingerprint density at radius 3 is 2.31 bits per heavy atom. The molecule has 2 aromatic rings. The van der Waals surface area contributed by atoms with Gasteiger partial charge in [0.25, 0.3) is 0 Å². The molecule has 3 nitrogen and oxygen atoms in total. The summed E-state index contributed by atoms with van der Waals surface area (Å²) >= 11 is 0. The lowest BCUT2D eigenvalue weighted by Crippen LogP contribution is -2.49. The van der Waals surface area contributed by atoms with E-state index in [0.29, 0.717) is 37.6 Å². The van der Waals surface area contributed by atoms with Crippen LogP contribution in [0.1, 0.15) is 81.3 Å². The zero-order valence-electron chi connectivity index (χ0n) is 19.3. The minimum atomic E-state index is 0.187. The van der Waals surface area contributed by atoms with Gasteiger partial charge >= 0.3 is 0 Å². The van der Waals surface area contributed by atoms with Gasteiger partial charge < -0.3 is 4.90 Å². The van der Waals surface area contributed by atoms with Crippen molar-refractivity contribution < 1.29 is 9.59 Å². The molecule has 0 spiro atoms. The summed E-state index contributed by atoms with van der Waals surface area (Å²) in [6.07, 6.45) is 10.6. The summed E-state index contributed by atoms with van der Waals surface area (Å²) in [5.41, 5.74) is 2.48. The van der Waals surface area contributed by atoms with Crippen molar-refractivity contribution in [1.29, 1.82) is 0 Å². The molecule has 1 saturated heterocycles. The van der Waals surface area contributed by atoms with Gasteiger partial charge in [-0.3, -0.25) is 9.59 Å². The van der Waals surface area contributed by atoms with E-state index in [1.54, 1.807) is 0 Å². The van der Waals surface area contributed by atoms with Crippen LogP contribution >= 0.6 is 0 Å². The van der Waals surface area contributed by atoms with Gasteiger partial charge in [0.2, 0.25) is 5.91 Å². The minimum absolute atomic E-state index is 0.187. The van der Waals surface area contributed by atoms with Crippen LogP contribution in [0, 0.1) is 5.92 Å². The molecule has 3 atom stereocenters. The Hall–Kier alpha value is -2.42. The number of nitrogens with zero attached hydrogens (tertiary/aromatic N) is 1. The maximum atomic E-state index is 12.9. The molecule has 32 heavy (non-hydrogen) atoms. The molecule has 4 rings (SSSR count). The second-order valence-electron chi connectivity index (χ2n) is 9.73. The average Bonchev–Trinajstić information content (AvgIpc) is 2.84. The molecule has 170 valence electrons. The summed E-state index contributed by atoms with van der Waals surface area (Å²) in [4.78, 5) is 28.0. The number of Topliss-reactive ketones (excluding diaryl/α,β-unsaturated/α-hetero) is 1. The molecule has 0 aromatic heterocycles. The summed E-state index contributed by atoms with van der Waals surface area (Å²) in [6.45, 7) is 0.918. The Labute approximate surface area is 193 Å². The van der Waals surface area contributed by atoms with E-state index in [-0.39, 0.29) is 17.6 Å². The third-order valence-corrected chi connectivity index (χ3v) is 7.48. The third kappa shape index (κ3) is 6.09. The number of carbonyl (C=O) groups is 2. The quantitative estimate of drug-likeness (QED) is 0.466. The topological polar surface area (TPSA) is 37.4 Å². The zero-order chi connectivity index (χ0) is 22.2. The predicted molar refractivity (Wildman–Crippen MR) is 129 cm³/mol. The van der Waals surface area contributed by atoms with Gasteiger partial charge in [0.15, 0.2) is 0 Å². The van der Waals surface area contributed by atoms with E-state index in [2.05, 4.69) is 41.3 Å². The molecule has 1 aliphatic carbocycles. The first-order valence-electron chi connectivity index (χ1n) is 12.6. The van der Waals surface area contributed by atoms with Crippen molar-refractivity contribution in [3.05, 3.63) is 71.8 Å². The van der Waals surface area contributed by atoms with Crippen molar-refractivity contribution in [3.8, 4) is 0 Å². The lowest BCUT2D eigenvalue weighted by atomic mass is 9.78. The fourth-order valence-corrected chi connectivity index (χ4v) is 5.82. The lowest BCUT2D eigenvalue weighted by molar-refractivity contribution is -0.137. The van der Waals surface area contributed by atoms with E-state index < -0.39 is 0 Å². The van der Waals surface area contributed by atoms with Crippen molar-refractivity contribution in [1.82, 2.24) is 4.90 Å². The Bertz CT molecular complexity index is 861. The van der Waals surface area contributed by atoms with Gasteiger partial charge in [0.05, 0.1) is 0 Å². The summed E-state index contributed by atoms with van der Waals surface area (Å²) in [5.74, 6) is 1.45. The van der Waals surface area contributed by atoms with Crippen molar-refractivity contribution in [3.63, 3.8) is 0 Å². The summed E-state index contributed by atoms with van der Waals surface area (Å²) < 4.78 is 0. The highest BCUT2D eigenvalue weighted by molar-refractivity contribution is 5.81. The standard InChI is InChI=1S/C29H37NO2/c31-27(17-9-19-29(32)30-20-10-16-25-15-7-8-18-28(25)30)22-26(24-13-5-2-6-14-24)21-23-11-3-1-4-12-23/h1-6,11-14,25-26,28H,7-10,15-22H2. The van der Waals surface area contributed by atoms with E-state index >= 15 is 0 Å². The largest absolute Gasteiger partial charge is 0.339 e. The van der Waals surface area contributed by atoms with Crippen LogP contribution < -0.4 is 0 Å². The highest BCUT2D eigenvalue weighted by atomic mass is 16.2. The fourth-order valence-electron chi connectivity index (χ4n) is 5.82. The van der Waals surface area contributed by atoms with Crippen LogP contribution in [-0.2, 0) is 16.0 Å². The van der Waals surface area contributed by atoms with E-state index in [1.165, 1.54) is 43.2 Å². The second kappa shape index (κ2) is 11.4. The first-order valence-corrected chi connectivity index (χ1v) is 12.6. The molecule has 1 amide bonds. The molecule has 0 N–H and O–H groups in total. The van der Waals surface area contributed by atoms with Gasteiger partial charge in [-0.25, -0.2) is 0 Å². The molecular formula is C29H37NO2. The summed E-state index contributed by atoms with van der Waals surface area (Å²) in [6, 6.07) is 21.3. The van der Waals surface area contributed by atoms with Gasteiger partial charge in [-0.2, -0.15) is 0 Å². The number of fused-ring (bicyclic) bond motifs is 1. The highest BCUT2D eigenvalue weighted by Gasteiger charge is 2.35. The first kappa shape index (κ1) is 22.8. The number of amides is 1. The number of ketones is 1. The molecule has 1 saturated carbocycles. The number of benzene rings is 2. The van der Waals surface area contributed by atoms with Crippen LogP contribution in [0.25, 0.3) is 0 Å².